The molecule has 3 saturated carbocycles. The minimum Gasteiger partial charge on any atom is -0.393 e. The van der Waals surface area contributed by atoms with E-state index < -0.39 is 18.4 Å². The Labute approximate surface area is 176 Å². The molecule has 0 spiro atoms. The topological polar surface area (TPSA) is 43.7 Å². The summed E-state index contributed by atoms with van der Waals surface area (Å²) in [5.41, 5.74) is 3.14. The summed E-state index contributed by atoms with van der Waals surface area (Å²) in [7, 11) is 0. The van der Waals surface area contributed by atoms with E-state index in [-0.39, 0.29) is 0 Å². The number of likely N-dealkylation sites (tertiary alicyclic amines) is 1. The van der Waals surface area contributed by atoms with Crippen LogP contribution in [0.5, 0.6) is 0 Å². The van der Waals surface area contributed by atoms with Crippen molar-refractivity contribution < 1.29 is 14.6 Å². The highest BCUT2D eigenvalue weighted by Gasteiger charge is 2.50. The Morgan fingerprint density at radius 2 is 1.93 bits per heavy atom. The minimum absolute atomic E-state index is 0.364. The first-order valence-electron chi connectivity index (χ1n) is 12.0. The van der Waals surface area contributed by atoms with Gasteiger partial charge in [0, 0.05) is 19.6 Å². The number of rotatable bonds is 4. The number of aliphatic hydroxyl groups is 2. The second-order valence-electron chi connectivity index (χ2n) is 10.7. The quantitative estimate of drug-likeness (QED) is 0.716. The molecule has 0 amide bonds. The van der Waals surface area contributed by atoms with Gasteiger partial charge in [-0.15, -0.1) is 0 Å². The largest absolute Gasteiger partial charge is 0.393 e. The molecule has 0 aromatic heterocycles. The van der Waals surface area contributed by atoms with Crippen molar-refractivity contribution in [3.05, 3.63) is 23.3 Å². The maximum atomic E-state index is 13.6. The molecule has 0 aromatic carbocycles. The summed E-state index contributed by atoms with van der Waals surface area (Å²) in [6.45, 7) is 7.52. The van der Waals surface area contributed by atoms with Gasteiger partial charge in [0.05, 0.1) is 12.2 Å². The predicted octanol–water partition coefficient (Wildman–Crippen LogP) is 4.64. The van der Waals surface area contributed by atoms with Gasteiger partial charge in [-0.1, -0.05) is 37.1 Å². The highest BCUT2D eigenvalue weighted by molar-refractivity contribution is 5.26. The van der Waals surface area contributed by atoms with Crippen molar-refractivity contribution in [1.82, 2.24) is 4.90 Å². The highest BCUT2D eigenvalue weighted by Crippen LogP contribution is 2.59. The van der Waals surface area contributed by atoms with Gasteiger partial charge in [0.1, 0.15) is 6.17 Å². The van der Waals surface area contributed by atoms with Crippen molar-refractivity contribution in [2.75, 3.05) is 19.6 Å². The Hall–Kier alpha value is -0.710. The van der Waals surface area contributed by atoms with Crippen LogP contribution in [0.2, 0.25) is 0 Å². The molecule has 4 rings (SSSR count). The van der Waals surface area contributed by atoms with E-state index in [2.05, 4.69) is 30.9 Å². The Bertz CT molecular complexity index is 635. The number of allylic oxidation sites excluding steroid dienone is 3. The van der Waals surface area contributed by atoms with Gasteiger partial charge in [-0.2, -0.15) is 0 Å². The number of hydrogen-bond acceptors (Lipinski definition) is 3. The van der Waals surface area contributed by atoms with Crippen molar-refractivity contribution in [3.63, 3.8) is 0 Å². The van der Waals surface area contributed by atoms with Gasteiger partial charge in [0.25, 0.3) is 0 Å². The number of alkyl halides is 1. The molecule has 2 N–H and O–H groups in total. The predicted molar refractivity (Wildman–Crippen MR) is 115 cm³/mol. The summed E-state index contributed by atoms with van der Waals surface area (Å²) < 4.78 is 13.6. The van der Waals surface area contributed by atoms with E-state index in [4.69, 9.17) is 0 Å². The summed E-state index contributed by atoms with van der Waals surface area (Å²) in [5, 5.41) is 19.9. The summed E-state index contributed by atoms with van der Waals surface area (Å²) in [6.07, 6.45) is 12.1. The van der Waals surface area contributed by atoms with Crippen molar-refractivity contribution in [2.24, 2.45) is 23.2 Å². The zero-order valence-corrected chi connectivity index (χ0v) is 18.3. The monoisotopic (exact) mass is 405 g/mol. The average Bonchev–Trinajstić information content (AvgIpc) is 3.21. The van der Waals surface area contributed by atoms with E-state index in [0.717, 1.165) is 19.0 Å². The number of hydrogen-bond donors (Lipinski definition) is 2. The minimum atomic E-state index is -0.622. The van der Waals surface area contributed by atoms with Gasteiger partial charge >= 0.3 is 0 Å². The van der Waals surface area contributed by atoms with E-state index >= 15 is 0 Å². The fraction of sp³-hybridized carbons (Fsp3) is 0.840. The van der Waals surface area contributed by atoms with Crippen LogP contribution in [0, 0.1) is 23.2 Å². The fourth-order valence-electron chi connectivity index (χ4n) is 7.23. The van der Waals surface area contributed by atoms with Crippen LogP contribution in [0.4, 0.5) is 4.39 Å². The molecular formula is C25H40FNO2. The van der Waals surface area contributed by atoms with Gasteiger partial charge in [-0.05, 0) is 81.0 Å². The number of halogens is 1. The summed E-state index contributed by atoms with van der Waals surface area (Å²) in [4.78, 5) is 2.34. The summed E-state index contributed by atoms with van der Waals surface area (Å²) in [6, 6.07) is 0. The molecule has 3 nitrogen and oxygen atoms in total. The van der Waals surface area contributed by atoms with E-state index in [1.807, 2.05) is 0 Å². The first kappa shape index (κ1) is 21.5. The maximum absolute atomic E-state index is 13.6. The van der Waals surface area contributed by atoms with Crippen molar-refractivity contribution in [1.29, 1.82) is 0 Å². The third kappa shape index (κ3) is 4.65. The first-order chi connectivity index (χ1) is 13.8. The van der Waals surface area contributed by atoms with Gasteiger partial charge in [0.2, 0.25) is 0 Å². The molecular weight excluding hydrogens is 365 g/mol. The van der Waals surface area contributed by atoms with E-state index in [0.29, 0.717) is 49.5 Å². The van der Waals surface area contributed by atoms with Gasteiger partial charge in [0.15, 0.2) is 0 Å². The Morgan fingerprint density at radius 3 is 2.62 bits per heavy atom. The SMILES string of the molecule is CC(CN1CCC(F)C1)[C@H]1CC[C@H]2C(=C/C=C3/C[C@@H](O)C[C@@H](O)C3)CCC[C@]12C. The van der Waals surface area contributed by atoms with Crippen molar-refractivity contribution in [2.45, 2.75) is 90.0 Å². The standard InChI is InChI=1S/C25H40FNO2/c1-17(15-27-11-9-20(26)16-27)23-7-8-24-19(4-3-10-25(23,24)2)6-5-18-12-21(28)14-22(29)13-18/h5-6,17,20-24,28-29H,3-4,7-16H2,1-2H3/b18-5-,19-6?/t17?,20?,21-,22+,23-,24+,25-/m1/s1. The van der Waals surface area contributed by atoms with Crippen molar-refractivity contribution >= 4 is 0 Å². The summed E-state index contributed by atoms with van der Waals surface area (Å²) in [5.74, 6) is 2.00. The second kappa shape index (κ2) is 8.80. The zero-order chi connectivity index (χ0) is 20.6. The van der Waals surface area contributed by atoms with Crippen LogP contribution < -0.4 is 0 Å². The Morgan fingerprint density at radius 1 is 1.17 bits per heavy atom. The van der Waals surface area contributed by atoms with Crippen LogP contribution in [0.1, 0.15) is 71.6 Å². The molecule has 2 unspecified atom stereocenters. The molecule has 4 heteroatoms. The first-order valence-corrected chi connectivity index (χ1v) is 12.0. The molecule has 0 bridgehead atoms. The smallest absolute Gasteiger partial charge is 0.114 e. The third-order valence-corrected chi connectivity index (χ3v) is 8.56. The molecule has 1 heterocycles. The molecule has 4 fully saturated rings. The average molecular weight is 406 g/mol. The molecule has 29 heavy (non-hydrogen) atoms. The van der Waals surface area contributed by atoms with Crippen LogP contribution in [0.25, 0.3) is 0 Å². The second-order valence-corrected chi connectivity index (χ2v) is 10.7. The normalized spacial score (nSPS) is 45.1. The van der Waals surface area contributed by atoms with Crippen LogP contribution in [-0.4, -0.2) is 53.1 Å². The molecule has 1 saturated heterocycles. The molecule has 0 aromatic rings. The molecule has 164 valence electrons. The lowest BCUT2D eigenvalue weighted by molar-refractivity contribution is 0.0609. The van der Waals surface area contributed by atoms with Crippen LogP contribution in [0.15, 0.2) is 23.3 Å². The number of nitrogens with zero attached hydrogens (tertiary/aromatic N) is 1. The summed E-state index contributed by atoms with van der Waals surface area (Å²) >= 11 is 0. The van der Waals surface area contributed by atoms with Gasteiger partial charge in [-0.3, -0.25) is 0 Å². The zero-order valence-electron chi connectivity index (χ0n) is 18.3. The lowest BCUT2D eigenvalue weighted by Gasteiger charge is -2.45. The number of aliphatic hydroxyl groups excluding tert-OH is 2. The third-order valence-electron chi connectivity index (χ3n) is 8.56. The molecule has 4 aliphatic rings. The lowest BCUT2D eigenvalue weighted by atomic mass is 9.61. The van der Waals surface area contributed by atoms with Crippen LogP contribution >= 0.6 is 0 Å². The highest BCUT2D eigenvalue weighted by atomic mass is 19.1. The van der Waals surface area contributed by atoms with E-state index in [9.17, 15) is 14.6 Å². The van der Waals surface area contributed by atoms with Crippen molar-refractivity contribution in [3.8, 4) is 0 Å². The number of fused-ring (bicyclic) bond motifs is 1. The molecule has 0 radical (unpaired) electrons. The molecule has 7 atom stereocenters. The Balaban J connectivity index is 1.44. The Kier molecular flexibility index (Phi) is 6.53. The molecule has 3 aliphatic carbocycles. The van der Waals surface area contributed by atoms with Gasteiger partial charge in [-0.25, -0.2) is 4.39 Å². The van der Waals surface area contributed by atoms with E-state index in [1.54, 1.807) is 5.57 Å². The fourth-order valence-corrected chi connectivity index (χ4v) is 7.23. The van der Waals surface area contributed by atoms with E-state index in [1.165, 1.54) is 37.7 Å². The molecule has 1 aliphatic heterocycles. The van der Waals surface area contributed by atoms with Crippen LogP contribution in [-0.2, 0) is 0 Å². The maximum Gasteiger partial charge on any atom is 0.114 e. The van der Waals surface area contributed by atoms with Gasteiger partial charge < -0.3 is 15.1 Å². The van der Waals surface area contributed by atoms with Crippen LogP contribution in [0.3, 0.4) is 0 Å². The lowest BCUT2D eigenvalue weighted by Crippen LogP contribution is -2.39.